The van der Waals surface area contributed by atoms with Crippen LogP contribution < -0.4 is 15.8 Å². The van der Waals surface area contributed by atoms with Gasteiger partial charge in [-0.25, -0.2) is 0 Å². The maximum absolute atomic E-state index is 5.89. The minimum absolute atomic E-state index is 0.327. The summed E-state index contributed by atoms with van der Waals surface area (Å²) in [5.41, 5.74) is 7.26. The summed E-state index contributed by atoms with van der Waals surface area (Å²) in [6, 6.07) is 3.65. The molecule has 0 spiro atoms. The number of aryl methyl sites for hydroxylation is 1. The van der Waals surface area contributed by atoms with Crippen molar-refractivity contribution in [3.63, 3.8) is 0 Å². The van der Waals surface area contributed by atoms with Gasteiger partial charge in [-0.15, -0.1) is 0 Å². The Hall–Kier alpha value is -2.24. The Morgan fingerprint density at radius 3 is 2.71 bits per heavy atom. The Kier molecular flexibility index (Phi) is 4.35. The molecule has 0 saturated carbocycles. The van der Waals surface area contributed by atoms with Crippen molar-refractivity contribution in [1.82, 2.24) is 14.8 Å². The minimum Gasteiger partial charge on any atom is -0.470 e. The molecule has 3 N–H and O–H groups in total. The quantitative estimate of drug-likeness (QED) is 0.884. The van der Waals surface area contributed by atoms with Crippen LogP contribution >= 0.6 is 0 Å². The van der Waals surface area contributed by atoms with Crippen LogP contribution in [-0.2, 0) is 6.54 Å². The molecule has 0 fully saturated rings. The van der Waals surface area contributed by atoms with Crippen LogP contribution in [-0.4, -0.2) is 26.9 Å². The molecule has 0 aromatic carbocycles. The standard InChI is InChI=1S/C15H23N5O/c1-11-9-18-20(10-11)8-7-17-13-6-5-12(16)14(19-13)21-15(2,3)4/h5-6,9-10H,7-8,16H2,1-4H3,(H,17,19). The van der Waals surface area contributed by atoms with E-state index in [0.717, 1.165) is 24.5 Å². The van der Waals surface area contributed by atoms with Crippen LogP contribution in [0.4, 0.5) is 11.5 Å². The van der Waals surface area contributed by atoms with Gasteiger partial charge in [0.05, 0.1) is 18.4 Å². The van der Waals surface area contributed by atoms with Crippen molar-refractivity contribution in [2.45, 2.75) is 39.8 Å². The molecular formula is C15H23N5O. The van der Waals surface area contributed by atoms with Gasteiger partial charge in [-0.2, -0.15) is 10.1 Å². The summed E-state index contributed by atoms with van der Waals surface area (Å²) in [6.45, 7) is 9.42. The lowest BCUT2D eigenvalue weighted by Crippen LogP contribution is -2.24. The lowest BCUT2D eigenvalue weighted by atomic mass is 10.2. The summed E-state index contributed by atoms with van der Waals surface area (Å²) in [7, 11) is 0. The molecular weight excluding hydrogens is 266 g/mol. The van der Waals surface area contributed by atoms with Crippen molar-refractivity contribution < 1.29 is 4.74 Å². The Balaban J connectivity index is 1.95. The molecule has 0 aliphatic rings. The topological polar surface area (TPSA) is 78.0 Å². The van der Waals surface area contributed by atoms with Crippen LogP contribution in [0.15, 0.2) is 24.5 Å². The second kappa shape index (κ2) is 6.03. The van der Waals surface area contributed by atoms with E-state index < -0.39 is 0 Å². The minimum atomic E-state index is -0.327. The number of hydrogen-bond acceptors (Lipinski definition) is 5. The van der Waals surface area contributed by atoms with Crippen LogP contribution in [0.5, 0.6) is 5.88 Å². The maximum atomic E-state index is 5.89. The number of ether oxygens (including phenoxy) is 1. The molecule has 2 rings (SSSR count). The maximum Gasteiger partial charge on any atom is 0.239 e. The van der Waals surface area contributed by atoms with E-state index in [1.807, 2.05) is 50.8 Å². The highest BCUT2D eigenvalue weighted by Crippen LogP contribution is 2.24. The summed E-state index contributed by atoms with van der Waals surface area (Å²) >= 11 is 0. The molecule has 0 aliphatic heterocycles. The van der Waals surface area contributed by atoms with Gasteiger partial charge in [0.2, 0.25) is 5.88 Å². The van der Waals surface area contributed by atoms with Crippen LogP contribution in [0.25, 0.3) is 0 Å². The van der Waals surface area contributed by atoms with Crippen LogP contribution in [0, 0.1) is 6.92 Å². The second-order valence-corrected chi connectivity index (χ2v) is 6.01. The zero-order valence-electron chi connectivity index (χ0n) is 13.1. The van der Waals surface area contributed by atoms with Gasteiger partial charge in [0.15, 0.2) is 0 Å². The molecule has 6 nitrogen and oxygen atoms in total. The predicted octanol–water partition coefficient (Wildman–Crippen LogP) is 2.46. The molecule has 21 heavy (non-hydrogen) atoms. The van der Waals surface area contributed by atoms with Crippen molar-refractivity contribution in [1.29, 1.82) is 0 Å². The number of hydrogen-bond donors (Lipinski definition) is 2. The molecule has 2 heterocycles. The van der Waals surface area contributed by atoms with Gasteiger partial charge < -0.3 is 15.8 Å². The first-order chi connectivity index (χ1) is 9.83. The fraction of sp³-hybridized carbons (Fsp3) is 0.467. The first-order valence-electron chi connectivity index (χ1n) is 7.02. The number of rotatable bonds is 5. The van der Waals surface area contributed by atoms with E-state index in [9.17, 15) is 0 Å². The van der Waals surface area contributed by atoms with Crippen molar-refractivity contribution in [2.24, 2.45) is 0 Å². The number of nitrogen functional groups attached to an aromatic ring is 1. The van der Waals surface area contributed by atoms with E-state index in [2.05, 4.69) is 15.4 Å². The Bertz CT molecular complexity index is 600. The van der Waals surface area contributed by atoms with Crippen LogP contribution in [0.1, 0.15) is 26.3 Å². The number of anilines is 2. The van der Waals surface area contributed by atoms with Crippen LogP contribution in [0.3, 0.4) is 0 Å². The highest BCUT2D eigenvalue weighted by molar-refractivity contribution is 5.53. The SMILES string of the molecule is Cc1cnn(CCNc2ccc(N)c(OC(C)(C)C)n2)c1. The van der Waals surface area contributed by atoms with Crippen molar-refractivity contribution in [3.05, 3.63) is 30.1 Å². The first kappa shape index (κ1) is 15.2. The summed E-state index contributed by atoms with van der Waals surface area (Å²) in [5.74, 6) is 1.20. The highest BCUT2D eigenvalue weighted by Gasteiger charge is 2.15. The summed E-state index contributed by atoms with van der Waals surface area (Å²) in [6.07, 6.45) is 3.85. The van der Waals surface area contributed by atoms with E-state index in [1.165, 1.54) is 0 Å². The summed E-state index contributed by atoms with van der Waals surface area (Å²) in [5, 5.41) is 7.49. The third kappa shape index (κ3) is 4.66. The van der Waals surface area contributed by atoms with E-state index in [4.69, 9.17) is 10.5 Å². The molecule has 0 amide bonds. The number of nitrogens with one attached hydrogen (secondary N) is 1. The van der Waals surface area contributed by atoms with E-state index in [0.29, 0.717) is 11.6 Å². The van der Waals surface area contributed by atoms with Crippen LogP contribution in [0.2, 0.25) is 0 Å². The van der Waals surface area contributed by atoms with E-state index >= 15 is 0 Å². The zero-order valence-corrected chi connectivity index (χ0v) is 13.1. The van der Waals surface area contributed by atoms with Gasteiger partial charge in [0, 0.05) is 12.7 Å². The first-order valence-corrected chi connectivity index (χ1v) is 7.02. The molecule has 2 aromatic rings. The lowest BCUT2D eigenvalue weighted by molar-refractivity contribution is 0.125. The smallest absolute Gasteiger partial charge is 0.239 e. The molecule has 0 bridgehead atoms. The number of nitrogens with two attached hydrogens (primary N) is 1. The average molecular weight is 289 g/mol. The fourth-order valence-corrected chi connectivity index (χ4v) is 1.81. The largest absolute Gasteiger partial charge is 0.470 e. The third-order valence-corrected chi connectivity index (χ3v) is 2.70. The van der Waals surface area contributed by atoms with Gasteiger partial charge in [-0.05, 0) is 45.4 Å². The van der Waals surface area contributed by atoms with Gasteiger partial charge >= 0.3 is 0 Å². The fourth-order valence-electron chi connectivity index (χ4n) is 1.81. The zero-order chi connectivity index (χ0) is 15.5. The Morgan fingerprint density at radius 2 is 2.10 bits per heavy atom. The average Bonchev–Trinajstić information content (AvgIpc) is 2.77. The number of aromatic nitrogens is 3. The Labute approximate surface area is 125 Å². The number of pyridine rings is 1. The van der Waals surface area contributed by atoms with Gasteiger partial charge in [0.25, 0.3) is 0 Å². The molecule has 0 unspecified atom stereocenters. The molecule has 0 atom stereocenters. The van der Waals surface area contributed by atoms with Crippen molar-refractivity contribution >= 4 is 11.5 Å². The monoisotopic (exact) mass is 289 g/mol. The summed E-state index contributed by atoms with van der Waals surface area (Å²) < 4.78 is 7.64. The molecule has 0 aliphatic carbocycles. The van der Waals surface area contributed by atoms with Gasteiger partial charge in [-0.3, -0.25) is 4.68 Å². The molecule has 2 aromatic heterocycles. The van der Waals surface area contributed by atoms with Crippen molar-refractivity contribution in [2.75, 3.05) is 17.6 Å². The molecule has 0 saturated heterocycles. The van der Waals surface area contributed by atoms with E-state index in [1.54, 1.807) is 6.07 Å². The Morgan fingerprint density at radius 1 is 1.33 bits per heavy atom. The third-order valence-electron chi connectivity index (χ3n) is 2.70. The highest BCUT2D eigenvalue weighted by atomic mass is 16.5. The molecule has 114 valence electrons. The molecule has 6 heteroatoms. The lowest BCUT2D eigenvalue weighted by Gasteiger charge is -2.21. The number of nitrogens with zero attached hydrogens (tertiary/aromatic N) is 3. The van der Waals surface area contributed by atoms with Gasteiger partial charge in [0.1, 0.15) is 11.4 Å². The van der Waals surface area contributed by atoms with E-state index in [-0.39, 0.29) is 5.60 Å². The van der Waals surface area contributed by atoms with Crippen molar-refractivity contribution in [3.8, 4) is 5.88 Å². The molecule has 0 radical (unpaired) electrons. The normalized spacial score (nSPS) is 11.4. The second-order valence-electron chi connectivity index (χ2n) is 6.01. The van der Waals surface area contributed by atoms with Gasteiger partial charge in [-0.1, -0.05) is 0 Å². The summed E-state index contributed by atoms with van der Waals surface area (Å²) in [4.78, 5) is 4.41. The predicted molar refractivity (Wildman–Crippen MR) is 84.5 cm³/mol.